The number of cyclic esters (lactones) is 1. The van der Waals surface area contributed by atoms with Crippen molar-refractivity contribution in [1.29, 1.82) is 0 Å². The second-order valence-electron chi connectivity index (χ2n) is 24.4. The number of nitrogens with one attached hydrogen (secondary N) is 3. The summed E-state index contributed by atoms with van der Waals surface area (Å²) in [5.74, 6) is -0.432. The number of hydrazine groups is 1. The van der Waals surface area contributed by atoms with E-state index >= 15 is 4.79 Å². The molecule has 1 spiro atoms. The number of carbonyl (C=O) groups is 4. The van der Waals surface area contributed by atoms with Gasteiger partial charge < -0.3 is 34.5 Å². The van der Waals surface area contributed by atoms with E-state index in [1.807, 2.05) is 11.1 Å². The van der Waals surface area contributed by atoms with E-state index in [4.69, 9.17) is 19.4 Å². The van der Waals surface area contributed by atoms with Crippen LogP contribution >= 0.6 is 11.3 Å². The monoisotopic (exact) mass is 1060 g/mol. The molecule has 0 radical (unpaired) electrons. The maximum Gasteiger partial charge on any atom is 0.324 e. The molecular formula is C58H79N11O6S. The van der Waals surface area contributed by atoms with Gasteiger partial charge in [-0.1, -0.05) is 32.8 Å². The number of ether oxygens (including phenoxy) is 2. The topological polar surface area (TPSA) is 180 Å². The van der Waals surface area contributed by atoms with Gasteiger partial charge in [0, 0.05) is 123 Å². The van der Waals surface area contributed by atoms with Crippen molar-refractivity contribution >= 4 is 51.6 Å². The number of likely N-dealkylation sites (tertiary alicyclic amines) is 2. The summed E-state index contributed by atoms with van der Waals surface area (Å²) in [5, 5.41) is 12.0. The molecule has 2 aliphatic carbocycles. The van der Waals surface area contributed by atoms with E-state index in [1.165, 1.54) is 24.2 Å². The van der Waals surface area contributed by atoms with E-state index in [-0.39, 0.29) is 60.3 Å². The zero-order valence-electron chi connectivity index (χ0n) is 45.4. The molecule has 1 aromatic carbocycles. The maximum atomic E-state index is 15.1. The number of nitrogens with zero attached hydrogens (tertiary/aromatic N) is 8. The minimum Gasteiger partial charge on any atom is -0.464 e. The number of benzene rings is 1. The number of hydrogen-bond donors (Lipinski definition) is 3. The molecule has 8 aliphatic rings. The zero-order valence-corrected chi connectivity index (χ0v) is 46.2. The molecule has 0 unspecified atom stereocenters. The third kappa shape index (κ3) is 10.3. The van der Waals surface area contributed by atoms with Gasteiger partial charge in [-0.3, -0.25) is 39.0 Å². The van der Waals surface area contributed by atoms with E-state index in [2.05, 4.69) is 92.7 Å². The van der Waals surface area contributed by atoms with Crippen LogP contribution in [0.4, 0.5) is 5.69 Å². The second-order valence-corrected chi connectivity index (χ2v) is 25.3. The molecule has 17 nitrogen and oxygen atoms in total. The third-order valence-corrected chi connectivity index (χ3v) is 19.3. The fourth-order valence-corrected chi connectivity index (χ4v) is 14.7. The lowest BCUT2D eigenvalue weighted by atomic mass is 9.84. The van der Waals surface area contributed by atoms with Gasteiger partial charge in [-0.15, -0.1) is 11.3 Å². The summed E-state index contributed by atoms with van der Waals surface area (Å²) in [4.78, 5) is 77.5. The van der Waals surface area contributed by atoms with Gasteiger partial charge >= 0.3 is 5.97 Å². The summed E-state index contributed by atoms with van der Waals surface area (Å²) >= 11 is 1.51. The number of methoxy groups -OCH3 is 1. The van der Waals surface area contributed by atoms with Crippen LogP contribution in [0.25, 0.3) is 33.4 Å². The molecule has 6 atom stereocenters. The van der Waals surface area contributed by atoms with Crippen molar-refractivity contribution < 1.29 is 28.7 Å². The van der Waals surface area contributed by atoms with Gasteiger partial charge in [0.25, 0.3) is 5.91 Å². The van der Waals surface area contributed by atoms with Gasteiger partial charge in [0.15, 0.2) is 0 Å². The molecule has 3 N–H and O–H groups in total. The zero-order chi connectivity index (χ0) is 52.5. The Morgan fingerprint density at radius 2 is 1.76 bits per heavy atom. The van der Waals surface area contributed by atoms with Gasteiger partial charge in [0.05, 0.1) is 58.8 Å². The number of hydrogen-bond acceptors (Lipinski definition) is 14. The van der Waals surface area contributed by atoms with Crippen LogP contribution in [-0.4, -0.2) is 167 Å². The molecule has 76 heavy (non-hydrogen) atoms. The van der Waals surface area contributed by atoms with Crippen molar-refractivity contribution in [2.45, 2.75) is 148 Å². The summed E-state index contributed by atoms with van der Waals surface area (Å²) < 4.78 is 14.8. The van der Waals surface area contributed by atoms with Gasteiger partial charge in [0.1, 0.15) is 12.1 Å². The number of fused-ring (bicyclic) bond motifs is 6. The minimum atomic E-state index is -0.928. The van der Waals surface area contributed by atoms with Crippen molar-refractivity contribution in [3.8, 4) is 22.5 Å². The summed E-state index contributed by atoms with van der Waals surface area (Å²) in [5.41, 5.74) is 10.9. The lowest BCUT2D eigenvalue weighted by molar-refractivity contribution is -0.155. The highest BCUT2D eigenvalue weighted by molar-refractivity contribution is 7.10. The molecular weight excluding hydrogens is 979 g/mol. The van der Waals surface area contributed by atoms with Crippen LogP contribution in [0.5, 0.6) is 0 Å². The molecule has 9 heterocycles. The number of rotatable bonds is 11. The van der Waals surface area contributed by atoms with Gasteiger partial charge in [-0.05, 0) is 108 Å². The highest BCUT2D eigenvalue weighted by Gasteiger charge is 2.50. The van der Waals surface area contributed by atoms with Crippen LogP contribution < -0.4 is 21.0 Å². The minimum absolute atomic E-state index is 0.0332. The van der Waals surface area contributed by atoms with Gasteiger partial charge in [-0.2, -0.15) is 0 Å². The molecule has 5 saturated heterocycles. The number of piperazine rings is 1. The van der Waals surface area contributed by atoms with E-state index in [0.29, 0.717) is 25.8 Å². The van der Waals surface area contributed by atoms with Crippen molar-refractivity contribution in [2.24, 2.45) is 16.7 Å². The predicted octanol–water partition coefficient (Wildman–Crippen LogP) is 5.94. The summed E-state index contributed by atoms with van der Waals surface area (Å²) in [7, 11) is 1.74. The number of carbonyl (C=O) groups excluding carboxylic acids is 4. The Labute approximate surface area is 451 Å². The van der Waals surface area contributed by atoms with Crippen molar-refractivity contribution in [3.05, 3.63) is 52.1 Å². The fourth-order valence-electron chi connectivity index (χ4n) is 13.9. The van der Waals surface area contributed by atoms with Crippen molar-refractivity contribution in [3.63, 3.8) is 0 Å². The number of pyridine rings is 1. The van der Waals surface area contributed by atoms with Crippen LogP contribution in [0.3, 0.4) is 0 Å². The standard InChI is InChI=1S/C58H79N11O6S/c1-6-68-48-16-13-38-26-41(48)43(52(68)42-27-40(30-60-50(42)36(2)74-5)65-24-22-64(23-25-65)39-14-15-39)29-57(3,4)35-75-56(73)44-12-9-19-69(63-44)55(72)45(28-49-61-47(38)32-76-49)62-53(70)51(37-10-7-8-11-37)66-20-17-58(33-66)18-21-67(34-58)54(71)46-31-59-46/h13,16,26-27,30,32,36-37,39,44-46,51,59,63H,6-12,14-15,17-25,28-29,31,33-35H2,1-5H3,(H,62,70)/t36-,44-,45-,46+,51-,58-/m0/s1. The average molecular weight is 1060 g/mol. The Morgan fingerprint density at radius 1 is 0.974 bits per heavy atom. The van der Waals surface area contributed by atoms with Gasteiger partial charge in [0.2, 0.25) is 11.8 Å². The molecule has 6 bridgehead atoms. The molecule has 12 rings (SSSR count). The smallest absolute Gasteiger partial charge is 0.324 e. The first-order chi connectivity index (χ1) is 36.8. The number of esters is 1. The highest BCUT2D eigenvalue weighted by atomic mass is 32.1. The first-order valence-corrected chi connectivity index (χ1v) is 29.6. The Morgan fingerprint density at radius 3 is 2.51 bits per heavy atom. The number of amides is 3. The third-order valence-electron chi connectivity index (χ3n) is 18.4. The number of aromatic nitrogens is 3. The van der Waals surface area contributed by atoms with E-state index < -0.39 is 23.5 Å². The Balaban J connectivity index is 0.889. The first-order valence-electron chi connectivity index (χ1n) is 28.7. The average Bonchev–Trinajstić information content (AvgIpc) is 4.19. The molecule has 408 valence electrons. The SMILES string of the molecule is CCn1c(-c2cc(N3CCN(C4CC4)CC3)cnc2[C@H](C)OC)c2c3cc(ccc31)-c1csc(n1)C[C@H](NC(=O)[C@H](C1CCCC1)N1CC[C@]3(CCN(C(=O)[C@H]4CN4)C3)C1)C(=O)N1CCC[C@H](N1)C(=O)OCC(C)(C)C2. The number of aryl methyl sites for hydroxylation is 1. The molecule has 3 amide bonds. The molecule has 6 aliphatic heterocycles. The van der Waals surface area contributed by atoms with Crippen molar-refractivity contribution in [2.75, 3.05) is 84.1 Å². The molecule has 4 aromatic rings. The summed E-state index contributed by atoms with van der Waals surface area (Å²) in [6, 6.07) is 7.61. The Kier molecular flexibility index (Phi) is 14.3. The Hall–Kier alpha value is -4.98. The Bertz CT molecular complexity index is 2850. The predicted molar refractivity (Wildman–Crippen MR) is 293 cm³/mol. The summed E-state index contributed by atoms with van der Waals surface area (Å²) in [6.07, 6.45) is 12.3. The van der Waals surface area contributed by atoms with Crippen LogP contribution in [0.2, 0.25) is 0 Å². The summed E-state index contributed by atoms with van der Waals surface area (Å²) in [6.45, 7) is 17.7. The van der Waals surface area contributed by atoms with E-state index in [9.17, 15) is 14.4 Å². The molecule has 3 aromatic heterocycles. The van der Waals surface area contributed by atoms with Crippen LogP contribution in [0.15, 0.2) is 35.8 Å². The number of thiazole rings is 1. The number of anilines is 1. The van der Waals surface area contributed by atoms with Crippen LogP contribution in [-0.2, 0) is 48.0 Å². The van der Waals surface area contributed by atoms with Crippen molar-refractivity contribution in [1.82, 2.24) is 50.3 Å². The normalized spacial score (nSPS) is 27.5. The van der Waals surface area contributed by atoms with Gasteiger partial charge in [-0.25, -0.2) is 10.4 Å². The highest BCUT2D eigenvalue weighted by Crippen LogP contribution is 2.45. The maximum absolute atomic E-state index is 15.1. The lowest BCUT2D eigenvalue weighted by Crippen LogP contribution is -2.62. The quantitative estimate of drug-likeness (QED) is 0.119. The lowest BCUT2D eigenvalue weighted by Gasteiger charge is -2.37. The van der Waals surface area contributed by atoms with Crippen LogP contribution in [0.1, 0.15) is 114 Å². The molecule has 7 fully saturated rings. The molecule has 18 heteroatoms. The fraction of sp³-hybridized carbons (Fsp3) is 0.655. The largest absolute Gasteiger partial charge is 0.464 e. The first kappa shape index (κ1) is 51.8. The molecule has 2 saturated carbocycles. The van der Waals surface area contributed by atoms with E-state index in [0.717, 1.165) is 165 Å². The van der Waals surface area contributed by atoms with Crippen LogP contribution in [0, 0.1) is 16.7 Å². The second kappa shape index (κ2) is 21.0. The van der Waals surface area contributed by atoms with E-state index in [1.54, 1.807) is 12.1 Å².